The average Bonchev–Trinajstić information content (AvgIpc) is 3.14. The Morgan fingerprint density at radius 3 is 2.71 bits per heavy atom. The summed E-state index contributed by atoms with van der Waals surface area (Å²) in [5, 5.41) is 7.70. The van der Waals surface area contributed by atoms with Crippen LogP contribution in [0, 0.1) is 6.92 Å². The second-order valence-corrected chi connectivity index (χ2v) is 7.94. The van der Waals surface area contributed by atoms with Crippen LogP contribution in [0.1, 0.15) is 17.6 Å². The molecular weight excluding hydrogens is 416 g/mol. The molecule has 4 rings (SSSR count). The Morgan fingerprint density at radius 2 is 1.90 bits per heavy atom. The molecule has 0 bridgehead atoms. The molecule has 9 heteroatoms. The smallest absolute Gasteiger partial charge is 0.275 e. The van der Waals surface area contributed by atoms with E-state index in [4.69, 9.17) is 9.47 Å². The van der Waals surface area contributed by atoms with Gasteiger partial charge in [0, 0.05) is 17.8 Å². The van der Waals surface area contributed by atoms with Gasteiger partial charge in [-0.1, -0.05) is 35.6 Å². The molecule has 0 aliphatic heterocycles. The lowest BCUT2D eigenvalue weighted by Crippen LogP contribution is -2.30. The van der Waals surface area contributed by atoms with Crippen LogP contribution in [0.25, 0.3) is 4.96 Å². The standard InChI is InChI=1S/C22H20N4O4S/c1-14(30-18-8-4-3-5-9-18)21(28)23-16-7-6-10-19(11-16)29-13-17-12-20(27)26-22(24-17)31-15(2)25-26/h3-12,14H,13H2,1-2H3,(H,23,28). The Kier molecular flexibility index (Phi) is 5.94. The van der Waals surface area contributed by atoms with Crippen molar-refractivity contribution in [1.82, 2.24) is 14.6 Å². The van der Waals surface area contributed by atoms with Crippen LogP contribution in [0.5, 0.6) is 11.5 Å². The largest absolute Gasteiger partial charge is 0.487 e. The predicted octanol–water partition coefficient (Wildman–Crippen LogP) is 3.44. The van der Waals surface area contributed by atoms with Gasteiger partial charge in [-0.2, -0.15) is 9.61 Å². The molecule has 8 nitrogen and oxygen atoms in total. The van der Waals surface area contributed by atoms with E-state index in [-0.39, 0.29) is 18.1 Å². The molecule has 0 saturated heterocycles. The van der Waals surface area contributed by atoms with Crippen molar-refractivity contribution in [3.05, 3.63) is 81.7 Å². The molecule has 1 atom stereocenters. The van der Waals surface area contributed by atoms with Gasteiger partial charge in [-0.25, -0.2) is 4.98 Å². The minimum absolute atomic E-state index is 0.119. The van der Waals surface area contributed by atoms with Gasteiger partial charge in [-0.15, -0.1) is 0 Å². The minimum atomic E-state index is -0.668. The van der Waals surface area contributed by atoms with Crippen LogP contribution < -0.4 is 20.3 Å². The molecule has 2 aromatic heterocycles. The van der Waals surface area contributed by atoms with Gasteiger partial charge in [-0.05, 0) is 38.1 Å². The van der Waals surface area contributed by atoms with E-state index < -0.39 is 6.10 Å². The number of aromatic nitrogens is 3. The van der Waals surface area contributed by atoms with E-state index in [2.05, 4.69) is 15.4 Å². The first-order valence-electron chi connectivity index (χ1n) is 9.60. The van der Waals surface area contributed by atoms with Gasteiger partial charge in [0.05, 0.1) is 5.69 Å². The van der Waals surface area contributed by atoms with Gasteiger partial charge in [0.1, 0.15) is 23.1 Å². The Labute approximate surface area is 182 Å². The molecule has 158 valence electrons. The second kappa shape index (κ2) is 8.97. The van der Waals surface area contributed by atoms with E-state index in [0.29, 0.717) is 27.8 Å². The Hall–Kier alpha value is -3.72. The maximum atomic E-state index is 12.4. The van der Waals surface area contributed by atoms with E-state index in [1.807, 2.05) is 25.1 Å². The lowest BCUT2D eigenvalue weighted by Gasteiger charge is -2.15. The number of ether oxygens (including phenoxy) is 2. The minimum Gasteiger partial charge on any atom is -0.487 e. The number of para-hydroxylation sites is 1. The molecule has 0 spiro atoms. The van der Waals surface area contributed by atoms with Gasteiger partial charge >= 0.3 is 0 Å². The molecule has 0 aliphatic rings. The summed E-state index contributed by atoms with van der Waals surface area (Å²) in [6, 6.07) is 17.6. The molecule has 4 aromatic rings. The molecule has 1 N–H and O–H groups in total. The molecule has 1 amide bonds. The maximum Gasteiger partial charge on any atom is 0.275 e. The van der Waals surface area contributed by atoms with Crippen molar-refractivity contribution in [1.29, 1.82) is 0 Å². The lowest BCUT2D eigenvalue weighted by atomic mass is 10.2. The highest BCUT2D eigenvalue weighted by Crippen LogP contribution is 2.19. The molecule has 0 saturated carbocycles. The van der Waals surface area contributed by atoms with E-state index in [1.54, 1.807) is 43.3 Å². The first-order chi connectivity index (χ1) is 15.0. The van der Waals surface area contributed by atoms with Gasteiger partial charge in [0.2, 0.25) is 4.96 Å². The van der Waals surface area contributed by atoms with E-state index in [1.165, 1.54) is 21.9 Å². The number of nitrogens with zero attached hydrogens (tertiary/aromatic N) is 3. The highest BCUT2D eigenvalue weighted by atomic mass is 32.1. The van der Waals surface area contributed by atoms with Crippen molar-refractivity contribution in [3.8, 4) is 11.5 Å². The summed E-state index contributed by atoms with van der Waals surface area (Å²) in [5.74, 6) is 0.886. The number of carbonyl (C=O) groups is 1. The van der Waals surface area contributed by atoms with Crippen LogP contribution in [0.4, 0.5) is 5.69 Å². The van der Waals surface area contributed by atoms with Crippen LogP contribution in [-0.4, -0.2) is 26.6 Å². The van der Waals surface area contributed by atoms with Crippen molar-refractivity contribution >= 4 is 27.9 Å². The molecule has 1 unspecified atom stereocenters. The summed E-state index contributed by atoms with van der Waals surface area (Å²) < 4.78 is 12.7. The van der Waals surface area contributed by atoms with Crippen LogP contribution in [0.2, 0.25) is 0 Å². The number of carbonyl (C=O) groups excluding carboxylic acids is 1. The number of anilines is 1. The summed E-state index contributed by atoms with van der Waals surface area (Å²) >= 11 is 1.34. The number of benzene rings is 2. The average molecular weight is 436 g/mol. The first-order valence-corrected chi connectivity index (χ1v) is 10.4. The summed E-state index contributed by atoms with van der Waals surface area (Å²) in [7, 11) is 0. The number of nitrogens with one attached hydrogen (secondary N) is 1. The maximum absolute atomic E-state index is 12.4. The Balaban J connectivity index is 1.39. The molecule has 2 heterocycles. The van der Waals surface area contributed by atoms with E-state index in [0.717, 1.165) is 5.01 Å². The number of rotatable bonds is 7. The molecule has 0 radical (unpaired) electrons. The van der Waals surface area contributed by atoms with Crippen LogP contribution in [0.3, 0.4) is 0 Å². The summed E-state index contributed by atoms with van der Waals surface area (Å²) in [5.41, 5.74) is 0.835. The summed E-state index contributed by atoms with van der Waals surface area (Å²) in [6.45, 7) is 3.62. The molecule has 31 heavy (non-hydrogen) atoms. The fourth-order valence-corrected chi connectivity index (χ4v) is 3.61. The van der Waals surface area contributed by atoms with Crippen LogP contribution >= 0.6 is 11.3 Å². The van der Waals surface area contributed by atoms with Gasteiger partial charge < -0.3 is 14.8 Å². The topological polar surface area (TPSA) is 94.8 Å². The molecular formula is C22H20N4O4S. The number of fused-ring (bicyclic) bond motifs is 1. The highest BCUT2D eigenvalue weighted by Gasteiger charge is 2.15. The number of aryl methyl sites for hydroxylation is 1. The predicted molar refractivity (Wildman–Crippen MR) is 118 cm³/mol. The molecule has 2 aromatic carbocycles. The first kappa shape index (κ1) is 20.5. The van der Waals surface area contributed by atoms with Crippen molar-refractivity contribution in [2.24, 2.45) is 0 Å². The number of hydrogen-bond acceptors (Lipinski definition) is 7. The zero-order valence-electron chi connectivity index (χ0n) is 16.9. The summed E-state index contributed by atoms with van der Waals surface area (Å²) in [6.07, 6.45) is -0.668. The second-order valence-electron chi connectivity index (χ2n) is 6.78. The van der Waals surface area contributed by atoms with E-state index in [9.17, 15) is 9.59 Å². The fraction of sp³-hybridized carbons (Fsp3) is 0.182. The Morgan fingerprint density at radius 1 is 1.13 bits per heavy atom. The SMILES string of the molecule is Cc1nn2c(=O)cc(COc3cccc(NC(=O)C(C)Oc4ccccc4)c3)nc2s1. The quantitative estimate of drug-likeness (QED) is 0.477. The van der Waals surface area contributed by atoms with Gasteiger partial charge in [0.15, 0.2) is 6.10 Å². The van der Waals surface area contributed by atoms with Gasteiger partial charge in [-0.3, -0.25) is 9.59 Å². The zero-order chi connectivity index (χ0) is 21.8. The molecule has 0 aliphatic carbocycles. The third-order valence-corrected chi connectivity index (χ3v) is 5.14. The van der Waals surface area contributed by atoms with Crippen molar-refractivity contribution in [2.45, 2.75) is 26.6 Å². The fourth-order valence-electron chi connectivity index (χ4n) is 2.85. The van der Waals surface area contributed by atoms with Gasteiger partial charge in [0.25, 0.3) is 11.5 Å². The monoisotopic (exact) mass is 436 g/mol. The van der Waals surface area contributed by atoms with Crippen molar-refractivity contribution in [3.63, 3.8) is 0 Å². The van der Waals surface area contributed by atoms with Crippen molar-refractivity contribution < 1.29 is 14.3 Å². The normalized spacial score (nSPS) is 11.8. The molecule has 0 fully saturated rings. The number of amides is 1. The lowest BCUT2D eigenvalue weighted by molar-refractivity contribution is -0.122. The Bertz CT molecular complexity index is 1270. The van der Waals surface area contributed by atoms with Crippen LogP contribution in [0.15, 0.2) is 65.5 Å². The van der Waals surface area contributed by atoms with Crippen LogP contribution in [-0.2, 0) is 11.4 Å². The number of hydrogen-bond donors (Lipinski definition) is 1. The zero-order valence-corrected chi connectivity index (χ0v) is 17.8. The highest BCUT2D eigenvalue weighted by molar-refractivity contribution is 7.16. The third-order valence-electron chi connectivity index (χ3n) is 4.31. The van der Waals surface area contributed by atoms with E-state index >= 15 is 0 Å². The third kappa shape index (κ3) is 5.07. The summed E-state index contributed by atoms with van der Waals surface area (Å²) in [4.78, 5) is 29.5. The van der Waals surface area contributed by atoms with Crippen molar-refractivity contribution in [2.75, 3.05) is 5.32 Å².